The van der Waals surface area contributed by atoms with Crippen molar-refractivity contribution in [2.24, 2.45) is 5.92 Å². The molecule has 6 heteroatoms. The van der Waals surface area contributed by atoms with E-state index < -0.39 is 0 Å². The fraction of sp³-hybridized carbons (Fsp3) is 0.583. The van der Waals surface area contributed by atoms with Crippen LogP contribution >= 0.6 is 11.3 Å². The van der Waals surface area contributed by atoms with Gasteiger partial charge in [-0.1, -0.05) is 44.9 Å². The molecular weight excluding hydrogens is 396 g/mol. The van der Waals surface area contributed by atoms with E-state index in [9.17, 15) is 4.79 Å². The Morgan fingerprint density at radius 3 is 2.77 bits per heavy atom. The molecule has 1 saturated carbocycles. The number of carbonyl (C=O) groups excluding carboxylic acids is 1. The predicted octanol–water partition coefficient (Wildman–Crippen LogP) is 5.40. The normalized spacial score (nSPS) is 14.4. The van der Waals surface area contributed by atoms with Gasteiger partial charge in [0.05, 0.1) is 12.2 Å². The van der Waals surface area contributed by atoms with Crippen LogP contribution in [0.15, 0.2) is 29.6 Å². The summed E-state index contributed by atoms with van der Waals surface area (Å²) < 4.78 is 11.2. The van der Waals surface area contributed by atoms with Gasteiger partial charge in [-0.2, -0.15) is 0 Å². The largest absolute Gasteiger partial charge is 0.486 e. The Morgan fingerprint density at radius 2 is 2.03 bits per heavy atom. The first kappa shape index (κ1) is 22.8. The van der Waals surface area contributed by atoms with Crippen molar-refractivity contribution in [2.45, 2.75) is 65.0 Å². The van der Waals surface area contributed by atoms with Gasteiger partial charge in [0.15, 0.2) is 0 Å². The predicted molar refractivity (Wildman–Crippen MR) is 121 cm³/mol. The van der Waals surface area contributed by atoms with Crippen molar-refractivity contribution in [1.82, 2.24) is 9.88 Å². The average molecular weight is 431 g/mol. The van der Waals surface area contributed by atoms with Crippen LogP contribution in [0.5, 0.6) is 5.75 Å². The summed E-state index contributed by atoms with van der Waals surface area (Å²) in [6.07, 6.45) is 5.22. The molecule has 0 unspecified atom stereocenters. The molecule has 0 radical (unpaired) electrons. The molecule has 1 aromatic carbocycles. The summed E-state index contributed by atoms with van der Waals surface area (Å²) in [5.41, 5.74) is 2.15. The quantitative estimate of drug-likeness (QED) is 0.448. The molecule has 1 aromatic heterocycles. The van der Waals surface area contributed by atoms with Gasteiger partial charge in [0.1, 0.15) is 17.4 Å². The second kappa shape index (κ2) is 11.5. The Bertz CT molecular complexity index is 799. The maximum absolute atomic E-state index is 13.0. The number of methoxy groups -OCH3 is 1. The van der Waals surface area contributed by atoms with Crippen molar-refractivity contribution in [2.75, 3.05) is 20.3 Å². The standard InChI is InChI=1S/C24H34N2O3S/c1-18(2)21-11-6-7-12-22(21)29-16-23-25-20(17-30-23)15-26(13-8-14-28-3)24(27)19-9-4-5-10-19/h6-7,11-12,17-19H,4-5,8-10,13-16H2,1-3H3. The van der Waals surface area contributed by atoms with Crippen LogP contribution in [0.1, 0.15) is 68.1 Å². The number of benzene rings is 1. The molecular formula is C24H34N2O3S. The monoisotopic (exact) mass is 430 g/mol. The van der Waals surface area contributed by atoms with Gasteiger partial charge in [-0.25, -0.2) is 4.98 Å². The van der Waals surface area contributed by atoms with Crippen LogP contribution < -0.4 is 4.74 Å². The second-order valence-electron chi connectivity index (χ2n) is 8.30. The Labute approximate surface area is 184 Å². The summed E-state index contributed by atoms with van der Waals surface area (Å²) in [5, 5.41) is 2.99. The van der Waals surface area contributed by atoms with Crippen molar-refractivity contribution in [1.29, 1.82) is 0 Å². The number of amides is 1. The molecule has 3 rings (SSSR count). The first-order valence-electron chi connectivity index (χ1n) is 11.0. The van der Waals surface area contributed by atoms with E-state index in [0.717, 1.165) is 35.7 Å². The summed E-state index contributed by atoms with van der Waals surface area (Å²) >= 11 is 1.60. The van der Waals surface area contributed by atoms with Gasteiger partial charge in [0, 0.05) is 31.6 Å². The summed E-state index contributed by atoms with van der Waals surface area (Å²) in [7, 11) is 1.70. The smallest absolute Gasteiger partial charge is 0.226 e. The highest BCUT2D eigenvalue weighted by molar-refractivity contribution is 7.09. The zero-order valence-corrected chi connectivity index (χ0v) is 19.2. The summed E-state index contributed by atoms with van der Waals surface area (Å²) in [5.74, 6) is 1.79. The first-order chi connectivity index (χ1) is 14.6. The highest BCUT2D eigenvalue weighted by atomic mass is 32.1. The molecule has 5 nitrogen and oxygen atoms in total. The fourth-order valence-corrected chi connectivity index (χ4v) is 4.71. The highest BCUT2D eigenvalue weighted by Crippen LogP contribution is 2.28. The van der Waals surface area contributed by atoms with E-state index in [-0.39, 0.29) is 11.8 Å². The molecule has 1 fully saturated rings. The van der Waals surface area contributed by atoms with E-state index in [2.05, 4.69) is 25.3 Å². The third-order valence-electron chi connectivity index (χ3n) is 5.64. The van der Waals surface area contributed by atoms with Gasteiger partial charge >= 0.3 is 0 Å². The number of ether oxygens (including phenoxy) is 2. The molecule has 0 atom stereocenters. The van der Waals surface area contributed by atoms with E-state index >= 15 is 0 Å². The molecule has 0 N–H and O–H groups in total. The zero-order chi connectivity index (χ0) is 21.3. The molecule has 164 valence electrons. The number of nitrogens with zero attached hydrogens (tertiary/aromatic N) is 2. The number of hydrogen-bond acceptors (Lipinski definition) is 5. The molecule has 0 saturated heterocycles. The van der Waals surface area contributed by atoms with Crippen LogP contribution in [0, 0.1) is 5.92 Å². The van der Waals surface area contributed by atoms with Crippen LogP contribution in [0.2, 0.25) is 0 Å². The van der Waals surface area contributed by atoms with Crippen LogP contribution in [0.4, 0.5) is 0 Å². The van der Waals surface area contributed by atoms with Crippen LogP contribution in [-0.2, 0) is 22.7 Å². The summed E-state index contributed by atoms with van der Waals surface area (Å²) in [4.78, 5) is 19.7. The van der Waals surface area contributed by atoms with Crippen LogP contribution in [-0.4, -0.2) is 36.1 Å². The molecule has 30 heavy (non-hydrogen) atoms. The van der Waals surface area contributed by atoms with E-state index in [0.29, 0.717) is 32.2 Å². The van der Waals surface area contributed by atoms with Crippen molar-refractivity contribution in [3.05, 3.63) is 45.9 Å². The number of para-hydroxylation sites is 1. The van der Waals surface area contributed by atoms with Crippen molar-refractivity contribution in [3.63, 3.8) is 0 Å². The molecule has 2 aromatic rings. The topological polar surface area (TPSA) is 51.7 Å². The third kappa shape index (κ3) is 6.29. The highest BCUT2D eigenvalue weighted by Gasteiger charge is 2.27. The van der Waals surface area contributed by atoms with Crippen molar-refractivity contribution in [3.8, 4) is 5.75 Å². The number of aromatic nitrogens is 1. The van der Waals surface area contributed by atoms with Crippen molar-refractivity contribution >= 4 is 17.2 Å². The van der Waals surface area contributed by atoms with Gasteiger partial charge < -0.3 is 14.4 Å². The first-order valence-corrected chi connectivity index (χ1v) is 11.9. The fourth-order valence-electron chi connectivity index (χ4n) is 4.01. The van der Waals surface area contributed by atoms with Gasteiger partial charge in [0.25, 0.3) is 0 Å². The average Bonchev–Trinajstić information content (AvgIpc) is 3.43. The maximum atomic E-state index is 13.0. The molecule has 1 aliphatic rings. The summed E-state index contributed by atoms with van der Waals surface area (Å²) in [6.45, 7) is 6.74. The number of hydrogen-bond donors (Lipinski definition) is 0. The maximum Gasteiger partial charge on any atom is 0.226 e. The molecule has 0 bridgehead atoms. The Hall–Kier alpha value is -1.92. The lowest BCUT2D eigenvalue weighted by molar-refractivity contribution is -0.136. The van der Waals surface area contributed by atoms with Gasteiger partial charge in [-0.05, 0) is 36.8 Å². The second-order valence-corrected chi connectivity index (χ2v) is 9.24. The van der Waals surface area contributed by atoms with Gasteiger partial charge in [-0.3, -0.25) is 4.79 Å². The third-order valence-corrected chi connectivity index (χ3v) is 6.51. The molecule has 1 aliphatic carbocycles. The van der Waals surface area contributed by atoms with Gasteiger partial charge in [0.2, 0.25) is 5.91 Å². The van der Waals surface area contributed by atoms with E-state index in [1.807, 2.05) is 23.1 Å². The number of thiazole rings is 1. The Morgan fingerprint density at radius 1 is 1.27 bits per heavy atom. The summed E-state index contributed by atoms with van der Waals surface area (Å²) in [6, 6.07) is 8.17. The number of carbonyl (C=O) groups is 1. The lowest BCUT2D eigenvalue weighted by Crippen LogP contribution is -2.36. The minimum Gasteiger partial charge on any atom is -0.486 e. The zero-order valence-electron chi connectivity index (χ0n) is 18.4. The molecule has 0 spiro atoms. The van der Waals surface area contributed by atoms with Crippen LogP contribution in [0.3, 0.4) is 0 Å². The van der Waals surface area contributed by atoms with Crippen molar-refractivity contribution < 1.29 is 14.3 Å². The molecule has 0 aliphatic heterocycles. The van der Waals surface area contributed by atoms with E-state index in [1.54, 1.807) is 18.4 Å². The minimum atomic E-state index is 0.182. The number of rotatable bonds is 11. The lowest BCUT2D eigenvalue weighted by atomic mass is 10.0. The van der Waals surface area contributed by atoms with E-state index in [1.165, 1.54) is 18.4 Å². The Kier molecular flexibility index (Phi) is 8.70. The lowest BCUT2D eigenvalue weighted by Gasteiger charge is -2.25. The van der Waals surface area contributed by atoms with E-state index in [4.69, 9.17) is 14.5 Å². The molecule has 1 amide bonds. The SMILES string of the molecule is COCCCN(Cc1csc(COc2ccccc2C(C)C)n1)C(=O)C1CCCC1. The van der Waals surface area contributed by atoms with Gasteiger partial charge in [-0.15, -0.1) is 11.3 Å². The Balaban J connectivity index is 1.60. The molecule has 1 heterocycles. The van der Waals surface area contributed by atoms with Crippen LogP contribution in [0.25, 0.3) is 0 Å². The minimum absolute atomic E-state index is 0.182.